The van der Waals surface area contributed by atoms with Gasteiger partial charge in [-0.3, -0.25) is 4.98 Å². The molecule has 5 aromatic rings. The molecular weight excluding hydrogens is 386 g/mol. The summed E-state index contributed by atoms with van der Waals surface area (Å²) in [5, 5.41) is 6.04. The lowest BCUT2D eigenvalue weighted by atomic mass is 9.88. The molecule has 0 amide bonds. The van der Waals surface area contributed by atoms with Gasteiger partial charge in [-0.1, -0.05) is 23.8 Å². The normalized spacial score (nSPS) is 16.9. The van der Waals surface area contributed by atoms with Crippen molar-refractivity contribution >= 4 is 33.0 Å². The molecule has 3 aromatic heterocycles. The second kappa shape index (κ2) is 6.79. The summed E-state index contributed by atoms with van der Waals surface area (Å²) >= 11 is 1.84. The van der Waals surface area contributed by atoms with Crippen molar-refractivity contribution in [3.63, 3.8) is 0 Å². The van der Waals surface area contributed by atoms with Crippen molar-refractivity contribution in [3.8, 4) is 10.4 Å². The van der Waals surface area contributed by atoms with Crippen LogP contribution in [0.3, 0.4) is 0 Å². The van der Waals surface area contributed by atoms with Gasteiger partial charge in [0.2, 0.25) is 0 Å². The second-order valence-electron chi connectivity index (χ2n) is 8.46. The Bertz CT molecular complexity index is 1390. The molecule has 3 nitrogen and oxygen atoms in total. The zero-order chi connectivity index (χ0) is 20.2. The number of rotatable bonds is 2. The van der Waals surface area contributed by atoms with Crippen LogP contribution in [0, 0.1) is 6.92 Å². The van der Waals surface area contributed by atoms with Crippen LogP contribution in [0.1, 0.15) is 28.3 Å². The molecule has 1 unspecified atom stereocenters. The highest BCUT2D eigenvalue weighted by Gasteiger charge is 2.30. The van der Waals surface area contributed by atoms with Crippen LogP contribution >= 0.6 is 11.3 Å². The number of aromatic nitrogens is 2. The molecule has 148 valence electrons. The van der Waals surface area contributed by atoms with Crippen molar-refractivity contribution < 1.29 is 0 Å². The first kappa shape index (κ1) is 17.9. The number of aromatic amines is 1. The van der Waals surface area contributed by atoms with Crippen molar-refractivity contribution in [1.29, 1.82) is 0 Å². The van der Waals surface area contributed by atoms with E-state index < -0.39 is 0 Å². The molecule has 6 rings (SSSR count). The number of thiophene rings is 1. The number of likely N-dealkylation sites (N-methyl/N-ethyl adjacent to an activating group) is 1. The lowest BCUT2D eigenvalue weighted by Gasteiger charge is -2.30. The van der Waals surface area contributed by atoms with E-state index in [4.69, 9.17) is 0 Å². The summed E-state index contributed by atoms with van der Waals surface area (Å²) in [6.45, 7) is 4.20. The van der Waals surface area contributed by atoms with Gasteiger partial charge in [-0.05, 0) is 71.8 Å². The smallest absolute Gasteiger partial charge is 0.0459 e. The van der Waals surface area contributed by atoms with Crippen molar-refractivity contribution in [2.75, 3.05) is 13.6 Å². The fourth-order valence-corrected chi connectivity index (χ4v) is 5.85. The molecule has 4 heteroatoms. The zero-order valence-corrected chi connectivity index (χ0v) is 18.0. The highest BCUT2D eigenvalue weighted by atomic mass is 32.1. The number of nitrogens with zero attached hydrogens (tertiary/aromatic N) is 2. The van der Waals surface area contributed by atoms with Crippen LogP contribution in [0.5, 0.6) is 0 Å². The first-order valence-electron chi connectivity index (χ1n) is 10.4. The monoisotopic (exact) mass is 409 g/mol. The van der Waals surface area contributed by atoms with E-state index in [9.17, 15) is 0 Å². The summed E-state index contributed by atoms with van der Waals surface area (Å²) in [6.07, 6.45) is 3.81. The van der Waals surface area contributed by atoms with Crippen LogP contribution in [0.15, 0.2) is 66.3 Å². The van der Waals surface area contributed by atoms with Gasteiger partial charge in [0, 0.05) is 58.3 Å². The quantitative estimate of drug-likeness (QED) is 0.369. The number of fused-ring (bicyclic) bond motifs is 4. The van der Waals surface area contributed by atoms with Crippen LogP contribution in [0.2, 0.25) is 0 Å². The zero-order valence-electron chi connectivity index (χ0n) is 17.1. The topological polar surface area (TPSA) is 31.9 Å². The van der Waals surface area contributed by atoms with Crippen LogP contribution in [-0.2, 0) is 6.54 Å². The third-order valence-electron chi connectivity index (χ3n) is 6.34. The van der Waals surface area contributed by atoms with Gasteiger partial charge in [-0.15, -0.1) is 11.3 Å². The maximum absolute atomic E-state index is 4.25. The Kier molecular flexibility index (Phi) is 4.05. The minimum Gasteiger partial charge on any atom is -0.358 e. The summed E-state index contributed by atoms with van der Waals surface area (Å²) in [5.74, 6) is 0.348. The first-order valence-corrected chi connectivity index (χ1v) is 11.3. The molecule has 1 aliphatic heterocycles. The van der Waals surface area contributed by atoms with Crippen LogP contribution < -0.4 is 0 Å². The number of benzene rings is 2. The van der Waals surface area contributed by atoms with E-state index in [0.29, 0.717) is 5.92 Å². The van der Waals surface area contributed by atoms with Gasteiger partial charge in [-0.2, -0.15) is 0 Å². The number of aryl methyl sites for hydroxylation is 1. The predicted molar refractivity (Wildman–Crippen MR) is 126 cm³/mol. The Balaban J connectivity index is 1.51. The molecule has 1 aliphatic rings. The highest BCUT2D eigenvalue weighted by molar-refractivity contribution is 7.13. The molecular formula is C26H23N3S. The lowest BCUT2D eigenvalue weighted by molar-refractivity contribution is 0.295. The summed E-state index contributed by atoms with van der Waals surface area (Å²) < 4.78 is 0. The Morgan fingerprint density at radius 1 is 1.07 bits per heavy atom. The molecule has 4 heterocycles. The fraction of sp³-hybridized carbons (Fsp3) is 0.192. The number of hydrogen-bond donors (Lipinski definition) is 1. The van der Waals surface area contributed by atoms with Gasteiger partial charge in [0.05, 0.1) is 0 Å². The average molecular weight is 410 g/mol. The van der Waals surface area contributed by atoms with E-state index in [-0.39, 0.29) is 0 Å². The van der Waals surface area contributed by atoms with Gasteiger partial charge in [0.15, 0.2) is 0 Å². The Labute approximate surface area is 180 Å². The largest absolute Gasteiger partial charge is 0.358 e. The third kappa shape index (κ3) is 2.79. The SMILES string of the molecule is Cc1ccc2[nH]c3c(c2c1)CN(C)CC3c1ccsc1-c1ccc2cnccc2c1. The van der Waals surface area contributed by atoms with Crippen LogP contribution in [-0.4, -0.2) is 28.5 Å². The second-order valence-corrected chi connectivity index (χ2v) is 9.37. The van der Waals surface area contributed by atoms with E-state index in [1.54, 1.807) is 0 Å². The lowest BCUT2D eigenvalue weighted by Crippen LogP contribution is -2.30. The van der Waals surface area contributed by atoms with Gasteiger partial charge in [0.1, 0.15) is 0 Å². The average Bonchev–Trinajstić information content (AvgIpc) is 3.38. The maximum atomic E-state index is 4.25. The molecule has 0 radical (unpaired) electrons. The Morgan fingerprint density at radius 2 is 2.00 bits per heavy atom. The molecule has 0 saturated carbocycles. The third-order valence-corrected chi connectivity index (χ3v) is 7.32. The number of H-pyrrole nitrogens is 1. The standard InChI is InChI=1S/C26H23N3S/c1-16-3-6-24-21(11-16)23-15-29(2)14-22(25(23)28-24)20-8-10-30-26(20)18-4-5-19-13-27-9-7-17(19)12-18/h3-13,22,28H,14-15H2,1-2H3. The molecule has 2 aromatic carbocycles. The molecule has 1 N–H and O–H groups in total. The summed E-state index contributed by atoms with van der Waals surface area (Å²) in [7, 11) is 2.24. The van der Waals surface area contributed by atoms with Gasteiger partial charge >= 0.3 is 0 Å². The first-order chi connectivity index (χ1) is 14.7. The minimum atomic E-state index is 0.348. The van der Waals surface area contributed by atoms with Crippen molar-refractivity contribution in [2.45, 2.75) is 19.4 Å². The molecule has 1 atom stereocenters. The van der Waals surface area contributed by atoms with Gasteiger partial charge < -0.3 is 9.88 Å². The molecule has 30 heavy (non-hydrogen) atoms. The Hall–Kier alpha value is -2.95. The van der Waals surface area contributed by atoms with E-state index in [2.05, 4.69) is 82.8 Å². The molecule has 0 saturated heterocycles. The molecule has 0 spiro atoms. The molecule has 0 bridgehead atoms. The predicted octanol–water partition coefficient (Wildman–Crippen LogP) is 6.33. The minimum absolute atomic E-state index is 0.348. The number of pyridine rings is 1. The van der Waals surface area contributed by atoms with Crippen molar-refractivity contribution in [2.24, 2.45) is 0 Å². The van der Waals surface area contributed by atoms with E-state index in [1.807, 2.05) is 23.7 Å². The van der Waals surface area contributed by atoms with Gasteiger partial charge in [0.25, 0.3) is 0 Å². The van der Waals surface area contributed by atoms with Crippen molar-refractivity contribution in [3.05, 3.63) is 88.7 Å². The maximum Gasteiger partial charge on any atom is 0.0459 e. The van der Waals surface area contributed by atoms with E-state index in [0.717, 1.165) is 13.1 Å². The van der Waals surface area contributed by atoms with Crippen LogP contribution in [0.25, 0.3) is 32.1 Å². The van der Waals surface area contributed by atoms with E-state index in [1.165, 1.54) is 54.5 Å². The molecule has 0 aliphatic carbocycles. The van der Waals surface area contributed by atoms with E-state index >= 15 is 0 Å². The Morgan fingerprint density at radius 3 is 2.93 bits per heavy atom. The van der Waals surface area contributed by atoms with Gasteiger partial charge in [-0.25, -0.2) is 0 Å². The summed E-state index contributed by atoms with van der Waals surface area (Å²) in [5.41, 5.74) is 8.12. The van der Waals surface area contributed by atoms with Crippen LogP contribution in [0.4, 0.5) is 0 Å². The fourth-order valence-electron chi connectivity index (χ4n) is 4.89. The number of hydrogen-bond acceptors (Lipinski definition) is 3. The molecule has 0 fully saturated rings. The van der Waals surface area contributed by atoms with Crippen molar-refractivity contribution in [1.82, 2.24) is 14.9 Å². The number of nitrogens with one attached hydrogen (secondary N) is 1. The summed E-state index contributed by atoms with van der Waals surface area (Å²) in [4.78, 5) is 11.9. The highest BCUT2D eigenvalue weighted by Crippen LogP contribution is 2.43. The summed E-state index contributed by atoms with van der Waals surface area (Å²) in [6, 6.07) is 17.9.